The summed E-state index contributed by atoms with van der Waals surface area (Å²) in [5.41, 5.74) is -0.900. The van der Waals surface area contributed by atoms with Crippen molar-refractivity contribution in [1.82, 2.24) is 19.9 Å². The van der Waals surface area contributed by atoms with Crippen molar-refractivity contribution in [1.29, 1.82) is 0 Å². The molecule has 0 amide bonds. The van der Waals surface area contributed by atoms with E-state index in [1.165, 1.54) is 0 Å². The molecule has 0 aliphatic rings. The Morgan fingerprint density at radius 1 is 1.07 bits per heavy atom. The summed E-state index contributed by atoms with van der Waals surface area (Å²) in [6.07, 6.45) is -3.89. The third-order valence-electron chi connectivity index (χ3n) is 3.22. The van der Waals surface area contributed by atoms with Crippen LogP contribution in [-0.4, -0.2) is 25.4 Å². The highest BCUT2D eigenvalue weighted by Gasteiger charge is 2.36. The van der Waals surface area contributed by atoms with E-state index in [4.69, 9.17) is 28.9 Å². The summed E-state index contributed by atoms with van der Waals surface area (Å²) in [5, 5.41) is 6.20. The standard InChI is InChI=1S/C13H5Cl2F6N5OS/c14-5-1-4(12(16,17)18)2-6(15)8(5)26-10(22)9(28-13(19,20)21)7(24-26)11-23-3-27-25-11/h1-3H,22H2. The molecule has 28 heavy (non-hydrogen) atoms. The minimum absolute atomic E-state index is 0.323. The lowest BCUT2D eigenvalue weighted by atomic mass is 10.2. The van der Waals surface area contributed by atoms with E-state index in [9.17, 15) is 26.3 Å². The van der Waals surface area contributed by atoms with Gasteiger partial charge in [0.05, 0.1) is 20.5 Å². The molecule has 0 aliphatic heterocycles. The highest BCUT2D eigenvalue weighted by atomic mass is 35.5. The fourth-order valence-electron chi connectivity index (χ4n) is 2.16. The number of thioether (sulfide) groups is 1. The number of nitrogens with zero attached hydrogens (tertiary/aromatic N) is 4. The van der Waals surface area contributed by atoms with Crippen LogP contribution in [0.5, 0.6) is 0 Å². The lowest BCUT2D eigenvalue weighted by Gasteiger charge is -2.13. The van der Waals surface area contributed by atoms with Gasteiger partial charge in [0, 0.05) is 0 Å². The molecular formula is C13H5Cl2F6N5OS. The second-order valence-electron chi connectivity index (χ2n) is 5.06. The molecule has 0 bridgehead atoms. The van der Waals surface area contributed by atoms with Crippen LogP contribution in [0.3, 0.4) is 0 Å². The zero-order valence-electron chi connectivity index (χ0n) is 12.9. The van der Waals surface area contributed by atoms with Crippen molar-refractivity contribution < 1.29 is 30.9 Å². The van der Waals surface area contributed by atoms with Gasteiger partial charge in [-0.1, -0.05) is 28.4 Å². The molecule has 15 heteroatoms. The van der Waals surface area contributed by atoms with Crippen LogP contribution in [0.25, 0.3) is 17.2 Å². The monoisotopic (exact) mass is 463 g/mol. The number of halogens is 8. The number of hydrogen-bond donors (Lipinski definition) is 1. The van der Waals surface area contributed by atoms with Gasteiger partial charge in [-0.15, -0.1) is 0 Å². The first kappa shape index (κ1) is 20.6. The molecule has 6 nitrogen and oxygen atoms in total. The van der Waals surface area contributed by atoms with Crippen molar-refractivity contribution in [2.24, 2.45) is 0 Å². The number of benzene rings is 1. The van der Waals surface area contributed by atoms with Crippen molar-refractivity contribution in [2.45, 2.75) is 16.6 Å². The van der Waals surface area contributed by atoms with Crippen LogP contribution < -0.4 is 5.73 Å². The van der Waals surface area contributed by atoms with Crippen LogP contribution in [0, 0.1) is 0 Å². The van der Waals surface area contributed by atoms with Crippen LogP contribution in [0.4, 0.5) is 32.2 Å². The first-order valence-electron chi connectivity index (χ1n) is 6.86. The summed E-state index contributed by atoms with van der Waals surface area (Å²) < 4.78 is 82.6. The van der Waals surface area contributed by atoms with Crippen LogP contribution in [0.15, 0.2) is 27.9 Å². The molecule has 3 aromatic rings. The number of nitrogen functional groups attached to an aromatic ring is 1. The number of nitrogens with two attached hydrogens (primary N) is 1. The van der Waals surface area contributed by atoms with Gasteiger partial charge >= 0.3 is 11.7 Å². The first-order chi connectivity index (χ1) is 12.9. The molecular weight excluding hydrogens is 459 g/mol. The van der Waals surface area contributed by atoms with E-state index < -0.39 is 55.5 Å². The van der Waals surface area contributed by atoms with Gasteiger partial charge in [-0.05, 0) is 23.9 Å². The number of aromatic nitrogens is 4. The topological polar surface area (TPSA) is 82.8 Å². The zero-order chi connectivity index (χ0) is 20.9. The summed E-state index contributed by atoms with van der Waals surface area (Å²) in [7, 11) is 0. The van der Waals surface area contributed by atoms with Gasteiger partial charge in [0.15, 0.2) is 0 Å². The van der Waals surface area contributed by atoms with Crippen LogP contribution >= 0.6 is 35.0 Å². The third kappa shape index (κ3) is 4.00. The van der Waals surface area contributed by atoms with Crippen molar-refractivity contribution >= 4 is 40.8 Å². The fourth-order valence-corrected chi connectivity index (χ4v) is 3.45. The molecule has 0 saturated carbocycles. The van der Waals surface area contributed by atoms with Crippen molar-refractivity contribution in [2.75, 3.05) is 5.73 Å². The largest absolute Gasteiger partial charge is 0.446 e. The molecule has 2 heterocycles. The van der Waals surface area contributed by atoms with Crippen LogP contribution in [0.1, 0.15) is 5.56 Å². The van der Waals surface area contributed by atoms with Gasteiger partial charge in [-0.2, -0.15) is 36.4 Å². The summed E-state index contributed by atoms with van der Waals surface area (Å²) in [4.78, 5) is 3.02. The number of hydrogen-bond acceptors (Lipinski definition) is 6. The zero-order valence-corrected chi connectivity index (χ0v) is 15.3. The second kappa shape index (κ2) is 7.04. The Bertz CT molecular complexity index is 995. The summed E-state index contributed by atoms with van der Waals surface area (Å²) >= 11 is 11.2. The molecule has 0 fully saturated rings. The van der Waals surface area contributed by atoms with Crippen LogP contribution in [0.2, 0.25) is 10.0 Å². The van der Waals surface area contributed by atoms with Gasteiger partial charge in [-0.25, -0.2) is 4.68 Å². The normalized spacial score (nSPS) is 12.6. The minimum Gasteiger partial charge on any atom is -0.383 e. The summed E-state index contributed by atoms with van der Waals surface area (Å²) in [6, 6.07) is 1.10. The van der Waals surface area contributed by atoms with E-state index in [0.717, 1.165) is 6.39 Å². The van der Waals surface area contributed by atoms with Gasteiger partial charge in [0.25, 0.3) is 0 Å². The van der Waals surface area contributed by atoms with E-state index in [0.29, 0.717) is 16.8 Å². The highest BCUT2D eigenvalue weighted by molar-refractivity contribution is 8.00. The van der Waals surface area contributed by atoms with Gasteiger partial charge < -0.3 is 10.3 Å². The number of alkyl halides is 6. The van der Waals surface area contributed by atoms with Crippen molar-refractivity contribution in [3.63, 3.8) is 0 Å². The quantitative estimate of drug-likeness (QED) is 0.411. The second-order valence-corrected chi connectivity index (χ2v) is 6.95. The van der Waals surface area contributed by atoms with Gasteiger partial charge in [0.1, 0.15) is 17.2 Å². The maximum absolute atomic E-state index is 12.9. The Balaban J connectivity index is 2.23. The van der Waals surface area contributed by atoms with E-state index in [-0.39, 0.29) is 11.5 Å². The summed E-state index contributed by atoms with van der Waals surface area (Å²) in [6.45, 7) is 0. The Labute approximate surface area is 165 Å². The highest BCUT2D eigenvalue weighted by Crippen LogP contribution is 2.46. The average Bonchev–Trinajstić information content (AvgIpc) is 3.15. The van der Waals surface area contributed by atoms with E-state index in [1.54, 1.807) is 0 Å². The maximum atomic E-state index is 12.9. The Hall–Kier alpha value is -2.12. The molecule has 2 aromatic heterocycles. The van der Waals surface area contributed by atoms with E-state index >= 15 is 0 Å². The van der Waals surface area contributed by atoms with E-state index in [1.807, 2.05) is 0 Å². The summed E-state index contributed by atoms with van der Waals surface area (Å²) in [5.74, 6) is -0.901. The molecule has 2 N–H and O–H groups in total. The first-order valence-corrected chi connectivity index (χ1v) is 8.43. The molecule has 1 aromatic carbocycles. The van der Waals surface area contributed by atoms with Gasteiger partial charge in [0.2, 0.25) is 12.2 Å². The lowest BCUT2D eigenvalue weighted by Crippen LogP contribution is -2.09. The molecule has 150 valence electrons. The lowest BCUT2D eigenvalue weighted by molar-refractivity contribution is -0.137. The average molecular weight is 464 g/mol. The number of anilines is 1. The minimum atomic E-state index is -4.76. The number of rotatable bonds is 3. The molecule has 0 saturated heterocycles. The Kier molecular flexibility index (Phi) is 5.18. The molecule has 0 atom stereocenters. The molecule has 0 spiro atoms. The molecule has 0 radical (unpaired) electrons. The van der Waals surface area contributed by atoms with E-state index in [2.05, 4.69) is 19.8 Å². The third-order valence-corrected chi connectivity index (χ3v) is 4.64. The molecule has 3 rings (SSSR count). The maximum Gasteiger partial charge on any atom is 0.446 e. The Morgan fingerprint density at radius 3 is 2.14 bits per heavy atom. The van der Waals surface area contributed by atoms with Crippen molar-refractivity contribution in [3.05, 3.63) is 34.1 Å². The van der Waals surface area contributed by atoms with Gasteiger partial charge in [-0.3, -0.25) is 0 Å². The SMILES string of the molecule is Nc1c(SC(F)(F)F)c(-c2ncon2)nn1-c1c(Cl)cc(C(F)(F)F)cc1Cl. The smallest absolute Gasteiger partial charge is 0.383 e. The fraction of sp³-hybridized carbons (Fsp3) is 0.154. The Morgan fingerprint density at radius 2 is 1.68 bits per heavy atom. The van der Waals surface area contributed by atoms with Crippen molar-refractivity contribution in [3.8, 4) is 17.2 Å². The molecule has 0 unspecified atom stereocenters. The predicted molar refractivity (Wildman–Crippen MR) is 88.2 cm³/mol. The molecule has 0 aliphatic carbocycles. The van der Waals surface area contributed by atoms with Crippen LogP contribution in [-0.2, 0) is 6.18 Å². The predicted octanol–water partition coefficient (Wildman–Crippen LogP) is 5.44.